The Labute approximate surface area is 114 Å². The summed E-state index contributed by atoms with van der Waals surface area (Å²) >= 11 is 3.28. The number of rotatable bonds is 5. The Kier molecular flexibility index (Phi) is 4.19. The highest BCUT2D eigenvalue weighted by Crippen LogP contribution is 2.27. The van der Waals surface area contributed by atoms with E-state index < -0.39 is 0 Å². The van der Waals surface area contributed by atoms with E-state index in [1.165, 1.54) is 4.68 Å². The van der Waals surface area contributed by atoms with Gasteiger partial charge in [-0.2, -0.15) is 5.10 Å². The zero-order valence-electron chi connectivity index (χ0n) is 9.97. The molecule has 1 aliphatic carbocycles. The molecular weight excluding hydrogens is 298 g/mol. The standard InChI is InChI=1S/C12H16BrN3O2/c1-2-3-16-12(18)11(13)10(7-15-16)14-6-8-4-9(17)5-8/h2,7-9,14,17H,1,3-6H2. The van der Waals surface area contributed by atoms with E-state index in [1.54, 1.807) is 12.3 Å². The van der Waals surface area contributed by atoms with Crippen LogP contribution in [0.15, 0.2) is 28.1 Å². The van der Waals surface area contributed by atoms with E-state index in [4.69, 9.17) is 0 Å². The number of hydrogen-bond acceptors (Lipinski definition) is 4. The molecule has 18 heavy (non-hydrogen) atoms. The number of anilines is 1. The van der Waals surface area contributed by atoms with E-state index in [0.717, 1.165) is 19.4 Å². The van der Waals surface area contributed by atoms with Crippen molar-refractivity contribution in [3.63, 3.8) is 0 Å². The molecule has 0 atom stereocenters. The quantitative estimate of drug-likeness (QED) is 0.806. The van der Waals surface area contributed by atoms with Crippen LogP contribution in [0.4, 0.5) is 5.69 Å². The van der Waals surface area contributed by atoms with Gasteiger partial charge in [-0.05, 0) is 34.7 Å². The van der Waals surface area contributed by atoms with Gasteiger partial charge in [-0.15, -0.1) is 6.58 Å². The number of halogens is 1. The summed E-state index contributed by atoms with van der Waals surface area (Å²) in [6.07, 6.45) is 4.75. The number of aliphatic hydroxyl groups excluding tert-OH is 1. The van der Waals surface area contributed by atoms with E-state index >= 15 is 0 Å². The summed E-state index contributed by atoms with van der Waals surface area (Å²) in [6, 6.07) is 0. The molecule has 1 heterocycles. The number of aromatic nitrogens is 2. The molecule has 1 aromatic rings. The largest absolute Gasteiger partial charge is 0.393 e. The predicted octanol–water partition coefficient (Wildman–Crippen LogP) is 1.37. The van der Waals surface area contributed by atoms with Crippen LogP contribution in [0.5, 0.6) is 0 Å². The highest BCUT2D eigenvalue weighted by molar-refractivity contribution is 9.10. The van der Waals surface area contributed by atoms with E-state index in [0.29, 0.717) is 22.6 Å². The number of nitrogens with zero attached hydrogens (tertiary/aromatic N) is 2. The molecule has 0 amide bonds. The highest BCUT2D eigenvalue weighted by atomic mass is 79.9. The lowest BCUT2D eigenvalue weighted by molar-refractivity contribution is 0.0487. The van der Waals surface area contributed by atoms with Crippen LogP contribution in [0.1, 0.15) is 12.8 Å². The van der Waals surface area contributed by atoms with Crippen molar-refractivity contribution in [3.8, 4) is 0 Å². The van der Waals surface area contributed by atoms with Crippen molar-refractivity contribution in [1.82, 2.24) is 9.78 Å². The Bertz CT molecular complexity index is 495. The molecule has 0 unspecified atom stereocenters. The first-order chi connectivity index (χ1) is 8.61. The summed E-state index contributed by atoms with van der Waals surface area (Å²) in [5, 5.41) is 16.4. The van der Waals surface area contributed by atoms with E-state index in [-0.39, 0.29) is 11.7 Å². The van der Waals surface area contributed by atoms with Crippen LogP contribution in [0, 0.1) is 5.92 Å². The van der Waals surface area contributed by atoms with Gasteiger partial charge >= 0.3 is 0 Å². The van der Waals surface area contributed by atoms with Crippen LogP contribution >= 0.6 is 15.9 Å². The second-order valence-electron chi connectivity index (χ2n) is 4.52. The molecule has 1 saturated carbocycles. The number of nitrogens with one attached hydrogen (secondary N) is 1. The molecule has 1 fully saturated rings. The summed E-state index contributed by atoms with van der Waals surface area (Å²) in [5.41, 5.74) is 0.523. The highest BCUT2D eigenvalue weighted by Gasteiger charge is 2.26. The van der Waals surface area contributed by atoms with Crippen molar-refractivity contribution >= 4 is 21.6 Å². The maximum absolute atomic E-state index is 11.9. The van der Waals surface area contributed by atoms with Crippen LogP contribution in [-0.4, -0.2) is 27.5 Å². The van der Waals surface area contributed by atoms with Crippen molar-refractivity contribution in [2.75, 3.05) is 11.9 Å². The number of hydrogen-bond donors (Lipinski definition) is 2. The van der Waals surface area contributed by atoms with Crippen molar-refractivity contribution in [2.24, 2.45) is 5.92 Å². The summed E-state index contributed by atoms with van der Waals surface area (Å²) < 4.78 is 1.83. The van der Waals surface area contributed by atoms with Gasteiger partial charge in [0.15, 0.2) is 0 Å². The SMILES string of the molecule is C=CCn1ncc(NCC2CC(O)C2)c(Br)c1=O. The molecular formula is C12H16BrN3O2. The van der Waals surface area contributed by atoms with Crippen LogP contribution in [0.2, 0.25) is 0 Å². The molecule has 0 aliphatic heterocycles. The van der Waals surface area contributed by atoms with Crippen LogP contribution < -0.4 is 10.9 Å². The molecule has 1 aliphatic rings. The fourth-order valence-electron chi connectivity index (χ4n) is 1.96. The summed E-state index contributed by atoms with van der Waals surface area (Å²) in [4.78, 5) is 11.9. The lowest BCUT2D eigenvalue weighted by atomic mass is 9.82. The van der Waals surface area contributed by atoms with Crippen molar-refractivity contribution in [2.45, 2.75) is 25.5 Å². The van der Waals surface area contributed by atoms with Crippen LogP contribution in [-0.2, 0) is 6.54 Å². The minimum atomic E-state index is -0.173. The average molecular weight is 314 g/mol. The Hall–Kier alpha value is -1.14. The monoisotopic (exact) mass is 313 g/mol. The molecule has 2 N–H and O–H groups in total. The summed E-state index contributed by atoms with van der Waals surface area (Å²) in [5.74, 6) is 0.475. The van der Waals surface area contributed by atoms with Gasteiger partial charge in [0, 0.05) is 6.54 Å². The van der Waals surface area contributed by atoms with E-state index in [2.05, 4.69) is 32.9 Å². The van der Waals surface area contributed by atoms with Gasteiger partial charge in [-0.25, -0.2) is 4.68 Å². The minimum absolute atomic E-state index is 0.154. The zero-order chi connectivity index (χ0) is 13.1. The number of aliphatic hydroxyl groups is 1. The van der Waals surface area contributed by atoms with Crippen molar-refractivity contribution in [1.29, 1.82) is 0 Å². The second-order valence-corrected chi connectivity index (χ2v) is 5.31. The van der Waals surface area contributed by atoms with E-state index in [1.807, 2.05) is 0 Å². The third kappa shape index (κ3) is 2.81. The van der Waals surface area contributed by atoms with Gasteiger partial charge < -0.3 is 10.4 Å². The average Bonchev–Trinajstić information content (AvgIpc) is 2.31. The van der Waals surface area contributed by atoms with Crippen molar-refractivity contribution in [3.05, 3.63) is 33.7 Å². The summed E-state index contributed by atoms with van der Waals surface area (Å²) in [7, 11) is 0. The molecule has 2 rings (SSSR count). The van der Waals surface area contributed by atoms with Crippen LogP contribution in [0.25, 0.3) is 0 Å². The number of allylic oxidation sites excluding steroid dienone is 1. The Balaban J connectivity index is 2.02. The molecule has 0 saturated heterocycles. The zero-order valence-corrected chi connectivity index (χ0v) is 11.6. The lowest BCUT2D eigenvalue weighted by Gasteiger charge is -2.31. The molecule has 0 radical (unpaired) electrons. The first-order valence-electron chi connectivity index (χ1n) is 5.90. The van der Waals surface area contributed by atoms with Gasteiger partial charge in [-0.1, -0.05) is 6.08 Å². The second kappa shape index (κ2) is 5.67. The Morgan fingerprint density at radius 2 is 2.39 bits per heavy atom. The third-order valence-electron chi connectivity index (χ3n) is 3.08. The molecule has 0 spiro atoms. The van der Waals surface area contributed by atoms with Crippen LogP contribution in [0.3, 0.4) is 0 Å². The maximum atomic E-state index is 11.9. The smallest absolute Gasteiger partial charge is 0.283 e. The fourth-order valence-corrected chi connectivity index (χ4v) is 2.41. The van der Waals surface area contributed by atoms with E-state index in [9.17, 15) is 9.90 Å². The Morgan fingerprint density at radius 3 is 3.00 bits per heavy atom. The minimum Gasteiger partial charge on any atom is -0.393 e. The topological polar surface area (TPSA) is 67.2 Å². The molecule has 98 valence electrons. The first kappa shape index (κ1) is 13.3. The lowest BCUT2D eigenvalue weighted by Crippen LogP contribution is -2.33. The maximum Gasteiger partial charge on any atom is 0.283 e. The third-order valence-corrected chi connectivity index (χ3v) is 3.85. The molecule has 0 aromatic carbocycles. The van der Waals surface area contributed by atoms with Gasteiger partial charge in [-0.3, -0.25) is 4.79 Å². The Morgan fingerprint density at radius 1 is 1.67 bits per heavy atom. The van der Waals surface area contributed by atoms with Gasteiger partial charge in [0.1, 0.15) is 4.47 Å². The van der Waals surface area contributed by atoms with Gasteiger partial charge in [0.05, 0.1) is 24.5 Å². The fraction of sp³-hybridized carbons (Fsp3) is 0.500. The van der Waals surface area contributed by atoms with Crippen molar-refractivity contribution < 1.29 is 5.11 Å². The molecule has 6 heteroatoms. The first-order valence-corrected chi connectivity index (χ1v) is 6.69. The molecule has 0 bridgehead atoms. The predicted molar refractivity (Wildman–Crippen MR) is 73.6 cm³/mol. The summed E-state index contributed by atoms with van der Waals surface area (Å²) in [6.45, 7) is 4.73. The van der Waals surface area contributed by atoms with Gasteiger partial charge in [0.2, 0.25) is 0 Å². The normalized spacial score (nSPS) is 22.3. The molecule has 5 nitrogen and oxygen atoms in total. The van der Waals surface area contributed by atoms with Gasteiger partial charge in [0.25, 0.3) is 5.56 Å². The molecule has 1 aromatic heterocycles.